The van der Waals surface area contributed by atoms with Crippen LogP contribution in [-0.4, -0.2) is 11.1 Å². The van der Waals surface area contributed by atoms with Crippen LogP contribution in [0.15, 0.2) is 66.2 Å². The molecule has 3 rings (SSSR count). The third-order valence-electron chi connectivity index (χ3n) is 8.51. The number of benzene rings is 3. The zero-order valence-electron chi connectivity index (χ0n) is 26.3. The summed E-state index contributed by atoms with van der Waals surface area (Å²) in [6.45, 7) is 13.6. The van der Waals surface area contributed by atoms with E-state index < -0.39 is 5.97 Å². The number of hydrogen-bond donors (Lipinski definition) is 1. The Bertz CT molecular complexity index is 1270. The zero-order chi connectivity index (χ0) is 29.8. The normalized spacial score (nSPS) is 13.5. The van der Waals surface area contributed by atoms with E-state index in [1.54, 1.807) is 12.1 Å². The van der Waals surface area contributed by atoms with Gasteiger partial charge >= 0.3 is 5.97 Å². The highest BCUT2D eigenvalue weighted by Crippen LogP contribution is 2.40. The van der Waals surface area contributed by atoms with Crippen LogP contribution in [0, 0.1) is 24.7 Å². The molecule has 0 aromatic heterocycles. The molecular formula is C38H52O3. The SMILES string of the molecule is C/C(=C\Cc1c(C)c(OC(=O)c2ccccc2)c2ccccc2c1O)CCCC(C)CCCC(C)CCCC(C)C. The summed E-state index contributed by atoms with van der Waals surface area (Å²) in [7, 11) is 0. The van der Waals surface area contributed by atoms with Gasteiger partial charge in [0.1, 0.15) is 11.5 Å². The van der Waals surface area contributed by atoms with Crippen LogP contribution in [0.4, 0.5) is 0 Å². The van der Waals surface area contributed by atoms with E-state index in [0.717, 1.165) is 40.7 Å². The zero-order valence-corrected chi connectivity index (χ0v) is 26.3. The van der Waals surface area contributed by atoms with Crippen molar-refractivity contribution >= 4 is 16.7 Å². The lowest BCUT2D eigenvalue weighted by atomic mass is 9.91. The molecule has 0 aliphatic heterocycles. The van der Waals surface area contributed by atoms with Gasteiger partial charge in [0.2, 0.25) is 0 Å². The van der Waals surface area contributed by atoms with Gasteiger partial charge in [-0.1, -0.05) is 127 Å². The number of phenols is 1. The molecule has 3 aromatic rings. The summed E-state index contributed by atoms with van der Waals surface area (Å²) in [6.07, 6.45) is 14.5. The maximum Gasteiger partial charge on any atom is 0.343 e. The second-order valence-corrected chi connectivity index (χ2v) is 12.7. The van der Waals surface area contributed by atoms with Gasteiger partial charge in [0.15, 0.2) is 0 Å². The first-order chi connectivity index (χ1) is 19.7. The molecule has 0 amide bonds. The molecule has 0 heterocycles. The first-order valence-electron chi connectivity index (χ1n) is 15.8. The lowest BCUT2D eigenvalue weighted by Gasteiger charge is -2.17. The molecule has 222 valence electrons. The van der Waals surface area contributed by atoms with Crippen LogP contribution in [0.3, 0.4) is 0 Å². The van der Waals surface area contributed by atoms with Gasteiger partial charge < -0.3 is 9.84 Å². The lowest BCUT2D eigenvalue weighted by molar-refractivity contribution is 0.0735. The number of carbonyl (C=O) groups excluding carboxylic acids is 1. The monoisotopic (exact) mass is 556 g/mol. The van der Waals surface area contributed by atoms with Gasteiger partial charge in [-0.05, 0) is 68.6 Å². The van der Waals surface area contributed by atoms with Gasteiger partial charge in [0.25, 0.3) is 0 Å². The van der Waals surface area contributed by atoms with Crippen LogP contribution in [0.2, 0.25) is 0 Å². The number of allylic oxidation sites excluding steroid dienone is 2. The molecule has 0 aliphatic carbocycles. The molecular weight excluding hydrogens is 504 g/mol. The van der Waals surface area contributed by atoms with Crippen molar-refractivity contribution in [2.24, 2.45) is 17.8 Å². The molecule has 1 N–H and O–H groups in total. The molecule has 3 heteroatoms. The van der Waals surface area contributed by atoms with E-state index >= 15 is 0 Å². The minimum absolute atomic E-state index is 0.272. The Hall–Kier alpha value is -3.07. The topological polar surface area (TPSA) is 46.5 Å². The van der Waals surface area contributed by atoms with Crippen LogP contribution >= 0.6 is 0 Å². The second kappa shape index (κ2) is 16.4. The molecule has 2 unspecified atom stereocenters. The Labute approximate surface area is 249 Å². The van der Waals surface area contributed by atoms with Gasteiger partial charge in [0, 0.05) is 16.3 Å². The first-order valence-corrected chi connectivity index (χ1v) is 15.8. The highest BCUT2D eigenvalue weighted by molar-refractivity contribution is 5.99. The highest BCUT2D eigenvalue weighted by Gasteiger charge is 2.20. The van der Waals surface area contributed by atoms with Gasteiger partial charge in [-0.3, -0.25) is 0 Å². The van der Waals surface area contributed by atoms with Crippen molar-refractivity contribution in [2.75, 3.05) is 0 Å². The highest BCUT2D eigenvalue weighted by atomic mass is 16.5. The lowest BCUT2D eigenvalue weighted by Crippen LogP contribution is -2.10. The molecule has 2 atom stereocenters. The maximum atomic E-state index is 12.9. The summed E-state index contributed by atoms with van der Waals surface area (Å²) in [5.41, 5.74) is 3.47. The first kappa shape index (κ1) is 32.4. The Morgan fingerprint density at radius 2 is 1.37 bits per heavy atom. The van der Waals surface area contributed by atoms with Crippen LogP contribution in [0.1, 0.15) is 114 Å². The Morgan fingerprint density at radius 3 is 2.00 bits per heavy atom. The molecule has 3 nitrogen and oxygen atoms in total. The van der Waals surface area contributed by atoms with Gasteiger partial charge in [0.05, 0.1) is 5.56 Å². The number of hydrogen-bond acceptors (Lipinski definition) is 3. The summed E-state index contributed by atoms with van der Waals surface area (Å²) in [5.74, 6) is 2.84. The molecule has 0 saturated carbocycles. The van der Waals surface area contributed by atoms with Crippen molar-refractivity contribution in [3.8, 4) is 11.5 Å². The van der Waals surface area contributed by atoms with Crippen molar-refractivity contribution in [1.29, 1.82) is 0 Å². The van der Waals surface area contributed by atoms with Gasteiger partial charge in [-0.2, -0.15) is 0 Å². The number of carbonyl (C=O) groups is 1. The quantitative estimate of drug-likeness (QED) is 0.108. The molecule has 41 heavy (non-hydrogen) atoms. The fourth-order valence-electron chi connectivity index (χ4n) is 5.76. The molecule has 0 saturated heterocycles. The van der Waals surface area contributed by atoms with Crippen LogP contribution in [0.25, 0.3) is 10.8 Å². The average molecular weight is 557 g/mol. The number of phenolic OH excluding ortho intramolecular Hbond substituents is 1. The predicted octanol–water partition coefficient (Wildman–Crippen LogP) is 11.0. The molecule has 0 bridgehead atoms. The smallest absolute Gasteiger partial charge is 0.343 e. The third-order valence-corrected chi connectivity index (χ3v) is 8.51. The third kappa shape index (κ3) is 10.1. The largest absolute Gasteiger partial charge is 0.507 e. The maximum absolute atomic E-state index is 12.9. The number of rotatable bonds is 16. The molecule has 3 aromatic carbocycles. The molecule has 0 radical (unpaired) electrons. The summed E-state index contributed by atoms with van der Waals surface area (Å²) in [4.78, 5) is 12.9. The summed E-state index contributed by atoms with van der Waals surface area (Å²) < 4.78 is 5.94. The summed E-state index contributed by atoms with van der Waals surface area (Å²) in [5, 5.41) is 12.6. The molecule has 0 fully saturated rings. The average Bonchev–Trinajstić information content (AvgIpc) is 2.95. The van der Waals surface area contributed by atoms with Crippen LogP contribution in [-0.2, 0) is 6.42 Å². The van der Waals surface area contributed by atoms with Crippen molar-refractivity contribution in [1.82, 2.24) is 0 Å². The summed E-state index contributed by atoms with van der Waals surface area (Å²) >= 11 is 0. The predicted molar refractivity (Wildman–Crippen MR) is 174 cm³/mol. The van der Waals surface area contributed by atoms with Crippen LogP contribution in [0.5, 0.6) is 11.5 Å². The minimum atomic E-state index is -0.392. The van der Waals surface area contributed by atoms with Crippen molar-refractivity contribution in [3.63, 3.8) is 0 Å². The van der Waals surface area contributed by atoms with Crippen molar-refractivity contribution < 1.29 is 14.6 Å². The van der Waals surface area contributed by atoms with E-state index in [4.69, 9.17) is 4.74 Å². The van der Waals surface area contributed by atoms with E-state index in [-0.39, 0.29) is 5.75 Å². The summed E-state index contributed by atoms with van der Waals surface area (Å²) in [6, 6.07) is 16.6. The fourth-order valence-corrected chi connectivity index (χ4v) is 5.76. The number of aromatic hydroxyl groups is 1. The Morgan fingerprint density at radius 1 is 0.805 bits per heavy atom. The minimum Gasteiger partial charge on any atom is -0.507 e. The number of ether oxygens (including phenoxy) is 1. The van der Waals surface area contributed by atoms with E-state index in [2.05, 4.69) is 40.7 Å². The van der Waals surface area contributed by atoms with Gasteiger partial charge in [-0.15, -0.1) is 0 Å². The van der Waals surface area contributed by atoms with E-state index in [1.807, 2.05) is 49.4 Å². The van der Waals surface area contributed by atoms with Crippen molar-refractivity contribution in [3.05, 3.63) is 82.9 Å². The standard InChI is InChI=1S/C38H52O3/c1-27(2)15-12-16-28(3)17-13-18-29(4)19-14-20-30(5)25-26-33-31(6)37(35-24-11-10-23-34(35)36(33)39)41-38(40)32-21-8-7-9-22-32/h7-11,21-25,27-29,39H,12-20,26H2,1-6H3/b30-25+. The van der Waals surface area contributed by atoms with E-state index in [9.17, 15) is 9.90 Å². The number of esters is 1. The Balaban J connectivity index is 1.56. The van der Waals surface area contributed by atoms with Gasteiger partial charge in [-0.25, -0.2) is 4.79 Å². The fraction of sp³-hybridized carbons (Fsp3) is 0.500. The second-order valence-electron chi connectivity index (χ2n) is 12.7. The van der Waals surface area contributed by atoms with E-state index in [1.165, 1.54) is 56.9 Å². The molecule has 0 aliphatic rings. The molecule has 0 spiro atoms. The van der Waals surface area contributed by atoms with E-state index in [0.29, 0.717) is 23.1 Å². The Kier molecular flexibility index (Phi) is 13.0. The van der Waals surface area contributed by atoms with Crippen LogP contribution < -0.4 is 4.74 Å². The number of fused-ring (bicyclic) bond motifs is 1. The van der Waals surface area contributed by atoms with Crippen molar-refractivity contribution in [2.45, 2.75) is 106 Å².